The van der Waals surface area contributed by atoms with Gasteiger partial charge in [0.2, 0.25) is 0 Å². The van der Waals surface area contributed by atoms with Gasteiger partial charge < -0.3 is 19.9 Å². The molecule has 5 heteroatoms. The van der Waals surface area contributed by atoms with E-state index in [1.165, 1.54) is 7.11 Å². The van der Waals surface area contributed by atoms with Crippen molar-refractivity contribution in [2.24, 2.45) is 5.73 Å². The van der Waals surface area contributed by atoms with E-state index in [0.29, 0.717) is 6.42 Å². The van der Waals surface area contributed by atoms with Gasteiger partial charge in [-0.15, -0.1) is 0 Å². The monoisotopic (exact) mass is 205 g/mol. The highest BCUT2D eigenvalue weighted by atomic mass is 16.7. The van der Waals surface area contributed by atoms with Crippen LogP contribution in [0.25, 0.3) is 0 Å². The number of ether oxygens (including phenoxy) is 3. The summed E-state index contributed by atoms with van der Waals surface area (Å²) in [7, 11) is 4.48. The average Bonchev–Trinajstić information content (AvgIpc) is 2.22. The minimum atomic E-state index is -0.547. The molecule has 0 amide bonds. The molecule has 0 saturated heterocycles. The number of hydrogen-bond donors (Lipinski definition) is 1. The summed E-state index contributed by atoms with van der Waals surface area (Å²) in [4.78, 5) is 10.9. The highest BCUT2D eigenvalue weighted by molar-refractivity contribution is 5.75. The summed E-state index contributed by atoms with van der Waals surface area (Å²) < 4.78 is 14.5. The van der Waals surface area contributed by atoms with Gasteiger partial charge in [0.05, 0.1) is 7.11 Å². The lowest BCUT2D eigenvalue weighted by Gasteiger charge is -2.14. The number of nitrogens with two attached hydrogens (primary N) is 1. The zero-order valence-electron chi connectivity index (χ0n) is 8.99. The van der Waals surface area contributed by atoms with Crippen LogP contribution in [0.15, 0.2) is 0 Å². The van der Waals surface area contributed by atoms with Crippen molar-refractivity contribution in [1.82, 2.24) is 0 Å². The fourth-order valence-corrected chi connectivity index (χ4v) is 1.11. The van der Waals surface area contributed by atoms with Gasteiger partial charge in [0.25, 0.3) is 0 Å². The Hall–Kier alpha value is -0.650. The molecule has 0 aliphatic rings. The zero-order chi connectivity index (χ0) is 11.0. The molecule has 0 saturated carbocycles. The molecule has 0 rings (SSSR count). The van der Waals surface area contributed by atoms with Crippen LogP contribution in [0.5, 0.6) is 0 Å². The Bertz CT molecular complexity index is 159. The number of rotatable bonds is 7. The summed E-state index contributed by atoms with van der Waals surface area (Å²) in [5, 5.41) is 0. The lowest BCUT2D eigenvalue weighted by Crippen LogP contribution is -2.31. The second kappa shape index (κ2) is 7.73. The second-order valence-electron chi connectivity index (χ2n) is 2.96. The molecule has 5 nitrogen and oxygen atoms in total. The Labute approximate surface area is 84.5 Å². The van der Waals surface area contributed by atoms with Crippen LogP contribution in [0.4, 0.5) is 0 Å². The van der Waals surface area contributed by atoms with E-state index in [0.717, 1.165) is 12.8 Å². The lowest BCUT2D eigenvalue weighted by molar-refractivity contribution is -0.142. The Morgan fingerprint density at radius 1 is 1.21 bits per heavy atom. The third-order valence-electron chi connectivity index (χ3n) is 1.98. The number of esters is 1. The van der Waals surface area contributed by atoms with E-state index in [2.05, 4.69) is 4.74 Å². The molecular weight excluding hydrogens is 186 g/mol. The van der Waals surface area contributed by atoms with Gasteiger partial charge in [0.15, 0.2) is 6.29 Å². The molecule has 14 heavy (non-hydrogen) atoms. The summed E-state index contributed by atoms with van der Waals surface area (Å²) in [6, 6.07) is -0.547. The van der Waals surface area contributed by atoms with Crippen LogP contribution < -0.4 is 5.73 Å². The first-order chi connectivity index (χ1) is 6.65. The minimum Gasteiger partial charge on any atom is -0.468 e. The quantitative estimate of drug-likeness (QED) is 0.477. The lowest BCUT2D eigenvalue weighted by atomic mass is 10.1. The topological polar surface area (TPSA) is 70.8 Å². The van der Waals surface area contributed by atoms with Crippen molar-refractivity contribution >= 4 is 5.97 Å². The van der Waals surface area contributed by atoms with E-state index in [1.54, 1.807) is 14.2 Å². The predicted molar refractivity (Wildman–Crippen MR) is 51.6 cm³/mol. The molecule has 0 fully saturated rings. The van der Waals surface area contributed by atoms with E-state index >= 15 is 0 Å². The Kier molecular flexibility index (Phi) is 7.37. The first-order valence-electron chi connectivity index (χ1n) is 4.54. The van der Waals surface area contributed by atoms with Crippen LogP contribution in [-0.2, 0) is 19.0 Å². The SMILES string of the molecule is COC(=O)[C@H](N)CCCC(OC)OC. The first-order valence-corrected chi connectivity index (χ1v) is 4.54. The van der Waals surface area contributed by atoms with E-state index in [9.17, 15) is 4.79 Å². The summed E-state index contributed by atoms with van der Waals surface area (Å²) in [5.74, 6) is -0.378. The van der Waals surface area contributed by atoms with Crippen molar-refractivity contribution in [1.29, 1.82) is 0 Å². The summed E-state index contributed by atoms with van der Waals surface area (Å²) in [6.45, 7) is 0. The largest absolute Gasteiger partial charge is 0.468 e. The van der Waals surface area contributed by atoms with Crippen LogP contribution in [-0.4, -0.2) is 39.6 Å². The molecule has 0 unspecified atom stereocenters. The van der Waals surface area contributed by atoms with Gasteiger partial charge in [-0.2, -0.15) is 0 Å². The van der Waals surface area contributed by atoms with Crippen molar-refractivity contribution in [2.75, 3.05) is 21.3 Å². The number of methoxy groups -OCH3 is 3. The molecule has 1 atom stereocenters. The third-order valence-corrected chi connectivity index (χ3v) is 1.98. The highest BCUT2D eigenvalue weighted by Gasteiger charge is 2.14. The molecule has 0 aliphatic heterocycles. The van der Waals surface area contributed by atoms with Crippen molar-refractivity contribution < 1.29 is 19.0 Å². The molecule has 2 N–H and O–H groups in total. The average molecular weight is 205 g/mol. The van der Waals surface area contributed by atoms with Gasteiger partial charge in [0, 0.05) is 14.2 Å². The van der Waals surface area contributed by atoms with Crippen LogP contribution in [0.2, 0.25) is 0 Å². The van der Waals surface area contributed by atoms with Crippen molar-refractivity contribution in [3.8, 4) is 0 Å². The molecule has 0 aromatic heterocycles. The third kappa shape index (κ3) is 5.16. The Balaban J connectivity index is 3.57. The fraction of sp³-hybridized carbons (Fsp3) is 0.889. The van der Waals surface area contributed by atoms with E-state index in [1.807, 2.05) is 0 Å². The van der Waals surface area contributed by atoms with Crippen LogP contribution in [0, 0.1) is 0 Å². The smallest absolute Gasteiger partial charge is 0.322 e. The summed E-state index contributed by atoms with van der Waals surface area (Å²) in [5.41, 5.74) is 5.54. The van der Waals surface area contributed by atoms with E-state index in [-0.39, 0.29) is 12.3 Å². The van der Waals surface area contributed by atoms with Gasteiger partial charge >= 0.3 is 5.97 Å². The molecule has 0 aromatic rings. The van der Waals surface area contributed by atoms with Crippen molar-refractivity contribution in [3.05, 3.63) is 0 Å². The molecule has 0 aromatic carbocycles. The van der Waals surface area contributed by atoms with Crippen LogP contribution >= 0.6 is 0 Å². The van der Waals surface area contributed by atoms with Gasteiger partial charge in [-0.3, -0.25) is 4.79 Å². The van der Waals surface area contributed by atoms with Crippen LogP contribution in [0.3, 0.4) is 0 Å². The molecule has 0 spiro atoms. The maximum Gasteiger partial charge on any atom is 0.322 e. The molecule has 84 valence electrons. The standard InChI is InChI=1S/C9H19NO4/c1-12-8(13-2)6-4-5-7(10)9(11)14-3/h7-8H,4-6,10H2,1-3H3/t7-/m1/s1. The number of carbonyl (C=O) groups excluding carboxylic acids is 1. The Morgan fingerprint density at radius 3 is 2.21 bits per heavy atom. The number of carbonyl (C=O) groups is 1. The van der Waals surface area contributed by atoms with E-state index in [4.69, 9.17) is 15.2 Å². The molecule has 0 heterocycles. The number of hydrogen-bond acceptors (Lipinski definition) is 5. The zero-order valence-corrected chi connectivity index (χ0v) is 8.99. The predicted octanol–water partition coefficient (Wildman–Crippen LogP) is 0.276. The minimum absolute atomic E-state index is 0.222. The van der Waals surface area contributed by atoms with Crippen LogP contribution in [0.1, 0.15) is 19.3 Å². The maximum absolute atomic E-state index is 10.9. The second-order valence-corrected chi connectivity index (χ2v) is 2.96. The molecule has 0 bridgehead atoms. The van der Waals surface area contributed by atoms with Gasteiger partial charge in [-0.25, -0.2) is 0 Å². The Morgan fingerprint density at radius 2 is 1.79 bits per heavy atom. The normalized spacial score (nSPS) is 12.9. The summed E-state index contributed by atoms with van der Waals surface area (Å²) in [6.07, 6.45) is 1.84. The molecular formula is C9H19NO4. The summed E-state index contributed by atoms with van der Waals surface area (Å²) >= 11 is 0. The van der Waals surface area contributed by atoms with Gasteiger partial charge in [-0.1, -0.05) is 0 Å². The molecule has 0 aliphatic carbocycles. The van der Waals surface area contributed by atoms with E-state index < -0.39 is 6.04 Å². The van der Waals surface area contributed by atoms with Gasteiger partial charge in [-0.05, 0) is 19.3 Å². The highest BCUT2D eigenvalue weighted by Crippen LogP contribution is 2.06. The molecule has 0 radical (unpaired) electrons. The van der Waals surface area contributed by atoms with Crippen molar-refractivity contribution in [3.63, 3.8) is 0 Å². The van der Waals surface area contributed by atoms with Crippen molar-refractivity contribution in [2.45, 2.75) is 31.6 Å². The fourth-order valence-electron chi connectivity index (χ4n) is 1.11. The first kappa shape index (κ1) is 13.4. The van der Waals surface area contributed by atoms with Gasteiger partial charge in [0.1, 0.15) is 6.04 Å². The maximum atomic E-state index is 10.9.